The van der Waals surface area contributed by atoms with Crippen molar-refractivity contribution in [3.63, 3.8) is 0 Å². The maximum atomic E-state index is 12.7. The quantitative estimate of drug-likeness (QED) is 0.0387. The second kappa shape index (κ2) is 38.9. The number of hydrogen-bond donors (Lipinski definition) is 1. The molecule has 0 aromatic rings. The third-order valence-corrected chi connectivity index (χ3v) is 10.1. The monoisotopic (exact) mass is 725 g/mol. The molecule has 0 heterocycles. The Morgan fingerprint density at radius 3 is 1.16 bits per heavy atom. The number of carbonyl (C=O) groups excluding carboxylic acids is 1. The van der Waals surface area contributed by atoms with Gasteiger partial charge >= 0.3 is 6.09 Å². The highest BCUT2D eigenvalue weighted by atomic mass is 16.7. The van der Waals surface area contributed by atoms with Gasteiger partial charge in [-0.25, -0.2) is 4.79 Å². The minimum absolute atomic E-state index is 0.0161. The topological polar surface area (TPSA) is 60.0 Å². The zero-order chi connectivity index (χ0) is 37.5. The van der Waals surface area contributed by atoms with Crippen LogP contribution in [0.1, 0.15) is 247 Å². The maximum absolute atomic E-state index is 12.7. The lowest BCUT2D eigenvalue weighted by atomic mass is 10.0. The van der Waals surface area contributed by atoms with E-state index < -0.39 is 0 Å². The molecule has 1 N–H and O–H groups in total. The molecule has 0 aliphatic rings. The highest BCUT2D eigenvalue weighted by Gasteiger charge is 2.15. The number of rotatable bonds is 40. The SMILES string of the molecule is CCCCCCCCCCCCCCCCCCC(CCCCCCCCCCCCCCCCC)OC(=O)NCCON(C)COC(C)(C)C. The molecule has 0 fully saturated rings. The number of hydrogen-bond acceptors (Lipinski definition) is 5. The predicted octanol–water partition coefficient (Wildman–Crippen LogP) is 14.6. The van der Waals surface area contributed by atoms with Gasteiger partial charge in [-0.3, -0.25) is 4.84 Å². The van der Waals surface area contributed by atoms with E-state index in [1.165, 1.54) is 186 Å². The van der Waals surface area contributed by atoms with Crippen LogP contribution in [-0.2, 0) is 14.3 Å². The molecular formula is C45H92N2O4. The number of hydroxylamine groups is 2. The molecule has 6 nitrogen and oxygen atoms in total. The molecule has 0 aromatic carbocycles. The van der Waals surface area contributed by atoms with Crippen molar-refractivity contribution in [2.24, 2.45) is 0 Å². The van der Waals surface area contributed by atoms with Gasteiger partial charge < -0.3 is 14.8 Å². The van der Waals surface area contributed by atoms with Gasteiger partial charge in [-0.15, -0.1) is 0 Å². The number of unbranched alkanes of at least 4 members (excludes halogenated alkanes) is 29. The second-order valence-corrected chi connectivity index (χ2v) is 16.6. The summed E-state index contributed by atoms with van der Waals surface area (Å²) < 4.78 is 11.7. The van der Waals surface area contributed by atoms with Gasteiger partial charge in [-0.2, -0.15) is 5.06 Å². The van der Waals surface area contributed by atoms with Crippen LogP contribution in [0.2, 0.25) is 0 Å². The summed E-state index contributed by atoms with van der Waals surface area (Å²) in [6.45, 7) is 11.8. The number of carbonyl (C=O) groups is 1. The standard InChI is InChI=1S/C45H92N2O4/c1-7-9-11-13-15-17-19-21-23-25-27-29-31-33-35-37-39-43(51-44(48)46-40-41-50-47(6)42-49-45(3,4)5)38-36-34-32-30-28-26-24-22-20-18-16-14-12-10-8-2/h43H,7-42H2,1-6H3,(H,46,48). The number of ether oxygens (including phenoxy) is 2. The van der Waals surface area contributed by atoms with Gasteiger partial charge in [-0.05, 0) is 46.5 Å². The first-order valence-corrected chi connectivity index (χ1v) is 22.7. The lowest BCUT2D eigenvalue weighted by Crippen LogP contribution is -2.34. The Balaban J connectivity index is 4.13. The van der Waals surface area contributed by atoms with Crippen molar-refractivity contribution in [3.8, 4) is 0 Å². The molecule has 0 aliphatic heterocycles. The molecule has 1 atom stereocenters. The Labute approximate surface area is 320 Å². The fourth-order valence-electron chi connectivity index (χ4n) is 6.80. The van der Waals surface area contributed by atoms with Gasteiger partial charge in [-0.1, -0.05) is 200 Å². The van der Waals surface area contributed by atoms with E-state index in [9.17, 15) is 4.79 Å². The van der Waals surface area contributed by atoms with E-state index in [0.717, 1.165) is 25.7 Å². The molecule has 1 unspecified atom stereocenters. The van der Waals surface area contributed by atoms with Gasteiger partial charge in [0.05, 0.1) is 12.2 Å². The van der Waals surface area contributed by atoms with Gasteiger partial charge in [0.15, 0.2) is 0 Å². The highest BCUT2D eigenvalue weighted by molar-refractivity contribution is 5.67. The third kappa shape index (κ3) is 41.8. The first kappa shape index (κ1) is 50.1. The van der Waals surface area contributed by atoms with Crippen molar-refractivity contribution in [1.82, 2.24) is 10.4 Å². The van der Waals surface area contributed by atoms with Gasteiger partial charge in [0.25, 0.3) is 0 Å². The molecule has 0 radical (unpaired) electrons. The van der Waals surface area contributed by atoms with Crippen LogP contribution in [0.3, 0.4) is 0 Å². The zero-order valence-electron chi connectivity index (χ0n) is 35.6. The smallest absolute Gasteiger partial charge is 0.407 e. The van der Waals surface area contributed by atoms with Crippen molar-refractivity contribution in [1.29, 1.82) is 0 Å². The van der Waals surface area contributed by atoms with Crippen molar-refractivity contribution in [2.75, 3.05) is 26.9 Å². The number of amides is 1. The number of nitrogens with one attached hydrogen (secondary N) is 1. The molecule has 0 aliphatic carbocycles. The van der Waals surface area contributed by atoms with Crippen molar-refractivity contribution < 1.29 is 19.1 Å². The molecule has 0 saturated heterocycles. The van der Waals surface area contributed by atoms with Crippen LogP contribution in [0.15, 0.2) is 0 Å². The van der Waals surface area contributed by atoms with Crippen LogP contribution in [0.4, 0.5) is 4.79 Å². The van der Waals surface area contributed by atoms with Crippen LogP contribution in [0.5, 0.6) is 0 Å². The van der Waals surface area contributed by atoms with E-state index in [2.05, 4.69) is 19.2 Å². The molecule has 0 aromatic heterocycles. The summed E-state index contributed by atoms with van der Waals surface area (Å²) in [6.07, 6.45) is 44.2. The Hall–Kier alpha value is -0.850. The predicted molar refractivity (Wildman–Crippen MR) is 221 cm³/mol. The molecule has 6 heteroatoms. The summed E-state index contributed by atoms with van der Waals surface area (Å²) in [4.78, 5) is 18.3. The molecule has 1 amide bonds. The normalized spacial score (nSPS) is 12.5. The minimum atomic E-state index is -0.311. The first-order chi connectivity index (χ1) is 24.8. The van der Waals surface area contributed by atoms with E-state index in [4.69, 9.17) is 14.3 Å². The van der Waals surface area contributed by atoms with Gasteiger partial charge in [0.1, 0.15) is 12.8 Å². The second-order valence-electron chi connectivity index (χ2n) is 16.6. The summed E-state index contributed by atoms with van der Waals surface area (Å²) in [5, 5.41) is 4.56. The van der Waals surface area contributed by atoms with Crippen LogP contribution >= 0.6 is 0 Å². The van der Waals surface area contributed by atoms with E-state index in [1.807, 2.05) is 27.8 Å². The summed E-state index contributed by atoms with van der Waals surface area (Å²) in [5.74, 6) is 0. The summed E-state index contributed by atoms with van der Waals surface area (Å²) >= 11 is 0. The molecule has 0 rings (SSSR count). The number of alkyl carbamates (subject to hydrolysis) is 1. The molecule has 306 valence electrons. The van der Waals surface area contributed by atoms with E-state index in [1.54, 1.807) is 5.06 Å². The number of nitrogens with zero attached hydrogens (tertiary/aromatic N) is 1. The molecule has 51 heavy (non-hydrogen) atoms. The Bertz CT molecular complexity index is 698. The van der Waals surface area contributed by atoms with Crippen molar-refractivity contribution >= 4 is 6.09 Å². The first-order valence-electron chi connectivity index (χ1n) is 22.7. The van der Waals surface area contributed by atoms with Crippen LogP contribution in [0.25, 0.3) is 0 Å². The average molecular weight is 725 g/mol. The fourth-order valence-corrected chi connectivity index (χ4v) is 6.80. The van der Waals surface area contributed by atoms with E-state index in [0.29, 0.717) is 19.9 Å². The molecular weight excluding hydrogens is 633 g/mol. The zero-order valence-corrected chi connectivity index (χ0v) is 35.6. The van der Waals surface area contributed by atoms with E-state index in [-0.39, 0.29) is 17.8 Å². The summed E-state index contributed by atoms with van der Waals surface area (Å²) in [6, 6.07) is 0. The minimum Gasteiger partial charge on any atom is -0.446 e. The molecule has 0 saturated carbocycles. The van der Waals surface area contributed by atoms with Crippen LogP contribution in [0, 0.1) is 0 Å². The maximum Gasteiger partial charge on any atom is 0.407 e. The van der Waals surface area contributed by atoms with Crippen LogP contribution in [-0.4, -0.2) is 49.8 Å². The average Bonchev–Trinajstić information content (AvgIpc) is 3.10. The van der Waals surface area contributed by atoms with Crippen LogP contribution < -0.4 is 5.32 Å². The van der Waals surface area contributed by atoms with Crippen molar-refractivity contribution in [3.05, 3.63) is 0 Å². The third-order valence-electron chi connectivity index (χ3n) is 10.1. The highest BCUT2D eigenvalue weighted by Crippen LogP contribution is 2.19. The van der Waals surface area contributed by atoms with Crippen molar-refractivity contribution in [2.45, 2.75) is 258 Å². The lowest BCUT2D eigenvalue weighted by Gasteiger charge is -2.24. The molecule has 0 bridgehead atoms. The lowest BCUT2D eigenvalue weighted by molar-refractivity contribution is -0.211. The Kier molecular flexibility index (Phi) is 38.2. The summed E-state index contributed by atoms with van der Waals surface area (Å²) in [7, 11) is 1.84. The van der Waals surface area contributed by atoms with Gasteiger partial charge in [0, 0.05) is 13.6 Å². The fraction of sp³-hybridized carbons (Fsp3) is 0.978. The molecule has 0 spiro atoms. The van der Waals surface area contributed by atoms with E-state index >= 15 is 0 Å². The Morgan fingerprint density at radius 1 is 0.529 bits per heavy atom. The summed E-state index contributed by atoms with van der Waals surface area (Å²) in [5.41, 5.74) is -0.215. The largest absolute Gasteiger partial charge is 0.446 e. The van der Waals surface area contributed by atoms with Gasteiger partial charge in [0.2, 0.25) is 0 Å². The Morgan fingerprint density at radius 2 is 0.843 bits per heavy atom.